The molecule has 2 atom stereocenters. The maximum absolute atomic E-state index is 5.55. The highest BCUT2D eigenvalue weighted by Crippen LogP contribution is 2.16. The Hall–Kier alpha value is 0.0169. The summed E-state index contributed by atoms with van der Waals surface area (Å²) in [6.45, 7) is 5.60. The van der Waals surface area contributed by atoms with E-state index in [1.54, 1.807) is 0 Å². The quantitative estimate of drug-likeness (QED) is 0.273. The van der Waals surface area contributed by atoms with Crippen molar-refractivity contribution in [3.8, 4) is 0 Å². The van der Waals surface area contributed by atoms with Crippen molar-refractivity contribution in [2.75, 3.05) is 46.2 Å². The molecule has 0 spiro atoms. The number of hydrogen-bond acceptors (Lipinski definition) is 5. The van der Waals surface area contributed by atoms with Crippen LogP contribution >= 0.6 is 0 Å². The smallest absolute Gasteiger partial charge is 0.246 e. The lowest BCUT2D eigenvalue weighted by molar-refractivity contribution is 0.0984. The molecular formula is C14H25O5Si. The van der Waals surface area contributed by atoms with E-state index in [2.05, 4.69) is 10.5 Å². The fourth-order valence-corrected chi connectivity index (χ4v) is 2.37. The van der Waals surface area contributed by atoms with E-state index in [9.17, 15) is 0 Å². The fourth-order valence-electron chi connectivity index (χ4n) is 2.14. The van der Waals surface area contributed by atoms with E-state index in [4.69, 9.17) is 23.4 Å². The molecule has 20 heavy (non-hydrogen) atoms. The van der Waals surface area contributed by atoms with E-state index in [-0.39, 0.29) is 0 Å². The van der Waals surface area contributed by atoms with Crippen LogP contribution in [0, 0.1) is 5.92 Å². The van der Waals surface area contributed by atoms with Gasteiger partial charge in [0.05, 0.1) is 26.4 Å². The molecule has 6 heteroatoms. The van der Waals surface area contributed by atoms with E-state index >= 15 is 0 Å². The first-order valence-corrected chi connectivity index (χ1v) is 7.96. The highest BCUT2D eigenvalue weighted by atomic mass is 28.2. The maximum Gasteiger partial charge on any atom is 0.246 e. The highest BCUT2D eigenvalue weighted by Gasteiger charge is 2.22. The topological polar surface area (TPSA) is 52.8 Å². The molecule has 2 aliphatic heterocycles. The Labute approximate surface area is 124 Å². The Morgan fingerprint density at radius 3 is 1.85 bits per heavy atom. The Balaban J connectivity index is 1.40. The molecule has 2 aliphatic rings. The van der Waals surface area contributed by atoms with E-state index < -0.39 is 0 Å². The van der Waals surface area contributed by atoms with Crippen LogP contribution in [-0.4, -0.2) is 68.9 Å². The molecule has 5 nitrogen and oxygen atoms in total. The summed E-state index contributed by atoms with van der Waals surface area (Å²) in [5.41, 5.74) is 0. The minimum Gasteiger partial charge on any atom is -0.418 e. The molecule has 0 amide bonds. The molecule has 2 fully saturated rings. The predicted octanol–water partition coefficient (Wildman–Crippen LogP) is 1.09. The Bertz CT molecular complexity index is 224. The molecule has 0 saturated carbocycles. The van der Waals surface area contributed by atoms with Gasteiger partial charge in [0.25, 0.3) is 0 Å². The third-order valence-electron chi connectivity index (χ3n) is 3.53. The van der Waals surface area contributed by atoms with Gasteiger partial charge in [-0.05, 0) is 31.6 Å². The summed E-state index contributed by atoms with van der Waals surface area (Å²) in [5, 5.41) is 0. The molecule has 0 aromatic rings. The van der Waals surface area contributed by atoms with Gasteiger partial charge in [0.2, 0.25) is 10.5 Å². The first-order chi connectivity index (χ1) is 9.88. The molecule has 0 aromatic carbocycles. The number of ether oxygens (including phenoxy) is 4. The summed E-state index contributed by atoms with van der Waals surface area (Å²) in [6.07, 6.45) is 5.13. The van der Waals surface area contributed by atoms with Crippen molar-refractivity contribution in [2.24, 2.45) is 5.92 Å². The summed E-state index contributed by atoms with van der Waals surface area (Å²) in [4.78, 5) is 0. The van der Waals surface area contributed by atoms with Crippen LogP contribution in [0.5, 0.6) is 0 Å². The standard InChI is InChI=1S/C14H25O5Si/c20-19-7-12(3-1-5-15-8-13-10-17-13)4-2-6-16-9-14-11-18-14/h12-14H,1-11H2. The molecule has 0 aliphatic carbocycles. The third kappa shape index (κ3) is 8.34. The first-order valence-electron chi connectivity index (χ1n) is 7.55. The van der Waals surface area contributed by atoms with Crippen molar-refractivity contribution in [3.05, 3.63) is 0 Å². The molecular weight excluding hydrogens is 276 g/mol. The summed E-state index contributed by atoms with van der Waals surface area (Å²) in [7, 11) is 3.10. The molecule has 2 saturated heterocycles. The van der Waals surface area contributed by atoms with Crippen LogP contribution in [0.25, 0.3) is 0 Å². The fraction of sp³-hybridized carbons (Fsp3) is 1.00. The normalized spacial score (nSPS) is 25.6. The van der Waals surface area contributed by atoms with Gasteiger partial charge >= 0.3 is 0 Å². The Morgan fingerprint density at radius 2 is 1.45 bits per heavy atom. The van der Waals surface area contributed by atoms with Crippen LogP contribution in [0.1, 0.15) is 25.7 Å². The van der Waals surface area contributed by atoms with Gasteiger partial charge < -0.3 is 23.4 Å². The Morgan fingerprint density at radius 1 is 0.950 bits per heavy atom. The van der Waals surface area contributed by atoms with Gasteiger partial charge in [-0.15, -0.1) is 0 Å². The van der Waals surface area contributed by atoms with Gasteiger partial charge in [-0.25, -0.2) is 0 Å². The van der Waals surface area contributed by atoms with E-state index in [1.807, 2.05) is 0 Å². The van der Waals surface area contributed by atoms with Crippen LogP contribution in [0.2, 0.25) is 0 Å². The summed E-state index contributed by atoms with van der Waals surface area (Å²) in [6, 6.07) is 0. The number of rotatable bonds is 14. The van der Waals surface area contributed by atoms with Gasteiger partial charge in [-0.1, -0.05) is 0 Å². The molecule has 3 radical (unpaired) electrons. The van der Waals surface area contributed by atoms with Gasteiger partial charge in [0, 0.05) is 19.8 Å². The van der Waals surface area contributed by atoms with Crippen LogP contribution < -0.4 is 0 Å². The largest absolute Gasteiger partial charge is 0.418 e. The number of epoxide rings is 2. The van der Waals surface area contributed by atoms with Crippen molar-refractivity contribution in [3.63, 3.8) is 0 Å². The average molecular weight is 301 g/mol. The van der Waals surface area contributed by atoms with Crippen LogP contribution in [0.15, 0.2) is 0 Å². The monoisotopic (exact) mass is 301 g/mol. The Kier molecular flexibility index (Phi) is 8.08. The van der Waals surface area contributed by atoms with Crippen molar-refractivity contribution in [1.82, 2.24) is 0 Å². The third-order valence-corrected chi connectivity index (χ3v) is 3.70. The second-order valence-corrected chi connectivity index (χ2v) is 5.81. The van der Waals surface area contributed by atoms with Crippen LogP contribution in [0.4, 0.5) is 0 Å². The highest BCUT2D eigenvalue weighted by molar-refractivity contribution is 5.97. The van der Waals surface area contributed by atoms with E-state index in [0.29, 0.717) is 18.1 Å². The molecule has 2 unspecified atom stereocenters. The maximum atomic E-state index is 5.55. The lowest BCUT2D eigenvalue weighted by Gasteiger charge is -2.16. The molecule has 2 rings (SSSR count). The predicted molar refractivity (Wildman–Crippen MR) is 74.8 cm³/mol. The summed E-state index contributed by atoms with van der Waals surface area (Å²) in [5.74, 6) is 0.564. The van der Waals surface area contributed by atoms with Gasteiger partial charge in [-0.2, -0.15) is 0 Å². The molecule has 0 N–H and O–H groups in total. The van der Waals surface area contributed by atoms with Crippen LogP contribution in [0.3, 0.4) is 0 Å². The first kappa shape index (κ1) is 16.4. The molecule has 0 bridgehead atoms. The van der Waals surface area contributed by atoms with E-state index in [1.165, 1.54) is 0 Å². The summed E-state index contributed by atoms with van der Waals surface area (Å²) < 4.78 is 26.4. The average Bonchev–Trinajstić information content (AvgIpc) is 3.32. The van der Waals surface area contributed by atoms with Crippen molar-refractivity contribution in [1.29, 1.82) is 0 Å². The van der Waals surface area contributed by atoms with Crippen molar-refractivity contribution >= 4 is 10.5 Å². The second-order valence-electron chi connectivity index (χ2n) is 5.52. The van der Waals surface area contributed by atoms with Gasteiger partial charge in [-0.3, -0.25) is 0 Å². The molecule has 2 heterocycles. The second kappa shape index (κ2) is 9.86. The molecule has 0 aromatic heterocycles. The van der Waals surface area contributed by atoms with E-state index in [0.717, 1.165) is 71.9 Å². The minimum absolute atomic E-state index is 0.365. The zero-order chi connectivity index (χ0) is 14.0. The van der Waals surface area contributed by atoms with Crippen LogP contribution in [-0.2, 0) is 23.4 Å². The minimum atomic E-state index is 0.365. The lowest BCUT2D eigenvalue weighted by atomic mass is 9.99. The number of hydrogen-bond donors (Lipinski definition) is 0. The lowest BCUT2D eigenvalue weighted by Crippen LogP contribution is -2.12. The van der Waals surface area contributed by atoms with Crippen molar-refractivity contribution < 1.29 is 23.4 Å². The van der Waals surface area contributed by atoms with Crippen molar-refractivity contribution in [2.45, 2.75) is 37.9 Å². The molecule has 115 valence electrons. The SMILES string of the molecule is [Si]OCC(CCCOCC1CO1)CCCOCC1CO1. The van der Waals surface area contributed by atoms with Gasteiger partial charge in [0.1, 0.15) is 12.2 Å². The zero-order valence-corrected chi connectivity index (χ0v) is 13.1. The summed E-state index contributed by atoms with van der Waals surface area (Å²) >= 11 is 0. The zero-order valence-electron chi connectivity index (χ0n) is 12.1. The van der Waals surface area contributed by atoms with Gasteiger partial charge in [0.15, 0.2) is 0 Å².